The van der Waals surface area contributed by atoms with Crippen molar-refractivity contribution >= 4 is 27.1 Å². The lowest BCUT2D eigenvalue weighted by Crippen LogP contribution is -1.90. The van der Waals surface area contributed by atoms with Gasteiger partial charge in [0.15, 0.2) is 0 Å². The lowest BCUT2D eigenvalue weighted by Gasteiger charge is -2.02. The Morgan fingerprint density at radius 3 is 3.00 bits per heavy atom. The van der Waals surface area contributed by atoms with Crippen molar-refractivity contribution in [3.8, 4) is 11.5 Å². The maximum absolute atomic E-state index is 9.45. The maximum Gasteiger partial charge on any atom is 0.139 e. The third-order valence-electron chi connectivity index (χ3n) is 1.99. The Balaban J connectivity index is 2.61. The van der Waals surface area contributed by atoms with Crippen LogP contribution in [0.5, 0.6) is 11.5 Å². The summed E-state index contributed by atoms with van der Waals surface area (Å²) in [5, 5.41) is 12.3. The van der Waals surface area contributed by atoms with E-state index < -0.39 is 0 Å². The summed E-state index contributed by atoms with van der Waals surface area (Å²) in [7, 11) is 0. The number of thiophene rings is 1. The van der Waals surface area contributed by atoms with Crippen molar-refractivity contribution in [3.05, 3.63) is 17.5 Å². The molecule has 4 heteroatoms. The van der Waals surface area contributed by atoms with E-state index in [1.54, 1.807) is 23.5 Å². The molecule has 0 aliphatic carbocycles. The first kappa shape index (κ1) is 9.15. The number of benzene rings is 1. The number of fused-ring (bicyclic) bond motifs is 1. The van der Waals surface area contributed by atoms with Crippen LogP contribution in [-0.2, 0) is 0 Å². The molecule has 3 N–H and O–H groups in total. The minimum absolute atomic E-state index is 0.108. The van der Waals surface area contributed by atoms with E-state index in [1.165, 1.54) is 0 Å². The molecule has 0 fully saturated rings. The Labute approximate surface area is 85.7 Å². The number of nitrogens with two attached hydrogens (primary N) is 1. The van der Waals surface area contributed by atoms with Crippen LogP contribution >= 0.6 is 11.3 Å². The lowest BCUT2D eigenvalue weighted by molar-refractivity contribution is 0.345. The van der Waals surface area contributed by atoms with E-state index in [1.807, 2.05) is 12.3 Å². The Hall–Kier alpha value is -1.42. The number of phenolic OH excluding ortho intramolecular Hbond substituents is 1. The molecule has 0 bridgehead atoms. The van der Waals surface area contributed by atoms with Crippen LogP contribution in [0, 0.1) is 0 Å². The molecule has 3 nitrogen and oxygen atoms in total. The van der Waals surface area contributed by atoms with Gasteiger partial charge in [0, 0.05) is 15.5 Å². The van der Waals surface area contributed by atoms with Crippen molar-refractivity contribution in [2.45, 2.75) is 6.92 Å². The second-order valence-electron chi connectivity index (χ2n) is 2.94. The van der Waals surface area contributed by atoms with Crippen LogP contribution in [0.25, 0.3) is 10.1 Å². The third kappa shape index (κ3) is 1.37. The molecule has 0 atom stereocenters. The summed E-state index contributed by atoms with van der Waals surface area (Å²) < 4.78 is 6.44. The summed E-state index contributed by atoms with van der Waals surface area (Å²) in [4.78, 5) is 0. The van der Waals surface area contributed by atoms with Crippen molar-refractivity contribution in [1.82, 2.24) is 0 Å². The van der Waals surface area contributed by atoms with E-state index in [2.05, 4.69) is 0 Å². The van der Waals surface area contributed by atoms with Crippen LogP contribution in [0.4, 0.5) is 5.69 Å². The fourth-order valence-electron chi connectivity index (χ4n) is 1.32. The second-order valence-corrected chi connectivity index (χ2v) is 3.85. The average Bonchev–Trinajstić information content (AvgIpc) is 2.51. The summed E-state index contributed by atoms with van der Waals surface area (Å²) in [6, 6.07) is 3.41. The third-order valence-corrected chi connectivity index (χ3v) is 2.91. The topological polar surface area (TPSA) is 55.5 Å². The highest BCUT2D eigenvalue weighted by atomic mass is 32.1. The number of ether oxygens (including phenoxy) is 1. The molecule has 0 saturated carbocycles. The molecule has 1 aromatic carbocycles. The molecular formula is C10H11NO2S. The van der Waals surface area contributed by atoms with E-state index in [0.29, 0.717) is 12.3 Å². The Morgan fingerprint density at radius 1 is 1.50 bits per heavy atom. The van der Waals surface area contributed by atoms with Gasteiger partial charge in [0.2, 0.25) is 0 Å². The molecule has 2 aromatic rings. The molecule has 14 heavy (non-hydrogen) atoms. The van der Waals surface area contributed by atoms with Crippen LogP contribution in [0.3, 0.4) is 0 Å². The van der Waals surface area contributed by atoms with Gasteiger partial charge < -0.3 is 15.6 Å². The van der Waals surface area contributed by atoms with Crippen molar-refractivity contribution in [1.29, 1.82) is 0 Å². The zero-order valence-corrected chi connectivity index (χ0v) is 8.60. The molecule has 0 unspecified atom stereocenters. The van der Waals surface area contributed by atoms with Gasteiger partial charge in [-0.25, -0.2) is 0 Å². The minimum atomic E-state index is 0.108. The normalized spacial score (nSPS) is 10.6. The fourth-order valence-corrected chi connectivity index (χ4v) is 2.23. The first-order valence-electron chi connectivity index (χ1n) is 4.35. The van der Waals surface area contributed by atoms with Crippen molar-refractivity contribution in [2.75, 3.05) is 12.3 Å². The molecular weight excluding hydrogens is 198 g/mol. The number of anilines is 1. The highest BCUT2D eigenvalue weighted by Crippen LogP contribution is 2.37. The number of phenols is 1. The van der Waals surface area contributed by atoms with Crippen LogP contribution in [0.15, 0.2) is 17.5 Å². The highest BCUT2D eigenvalue weighted by molar-refractivity contribution is 7.17. The zero-order valence-electron chi connectivity index (χ0n) is 7.78. The Morgan fingerprint density at radius 2 is 2.29 bits per heavy atom. The summed E-state index contributed by atoms with van der Waals surface area (Å²) in [6.45, 7) is 2.55. The van der Waals surface area contributed by atoms with Crippen LogP contribution in [0.1, 0.15) is 6.92 Å². The zero-order chi connectivity index (χ0) is 10.1. The van der Waals surface area contributed by atoms with E-state index >= 15 is 0 Å². The van der Waals surface area contributed by atoms with Gasteiger partial charge in [-0.15, -0.1) is 11.3 Å². The lowest BCUT2D eigenvalue weighted by atomic mass is 10.2. The van der Waals surface area contributed by atoms with Gasteiger partial charge in [0.1, 0.15) is 11.5 Å². The van der Waals surface area contributed by atoms with Crippen molar-refractivity contribution < 1.29 is 9.84 Å². The Bertz CT molecular complexity index is 464. The monoisotopic (exact) mass is 209 g/mol. The predicted octanol–water partition coefficient (Wildman–Crippen LogP) is 2.59. The van der Waals surface area contributed by atoms with E-state index in [0.717, 1.165) is 15.8 Å². The number of rotatable bonds is 2. The molecule has 0 aliphatic heterocycles. The molecule has 1 heterocycles. The maximum atomic E-state index is 9.45. The van der Waals surface area contributed by atoms with Gasteiger partial charge in [-0.3, -0.25) is 0 Å². The minimum Gasteiger partial charge on any atom is -0.506 e. The summed E-state index contributed by atoms with van der Waals surface area (Å²) in [5.41, 5.74) is 5.99. The fraction of sp³-hybridized carbons (Fsp3) is 0.200. The van der Waals surface area contributed by atoms with Gasteiger partial charge in [0.25, 0.3) is 0 Å². The quantitative estimate of drug-likeness (QED) is 0.590. The molecule has 0 amide bonds. The number of hydrogen-bond donors (Lipinski definition) is 2. The predicted molar refractivity (Wildman–Crippen MR) is 59.1 cm³/mol. The smallest absolute Gasteiger partial charge is 0.139 e. The number of aromatic hydroxyl groups is 1. The van der Waals surface area contributed by atoms with E-state index in [9.17, 15) is 5.11 Å². The van der Waals surface area contributed by atoms with Gasteiger partial charge >= 0.3 is 0 Å². The van der Waals surface area contributed by atoms with Gasteiger partial charge in [-0.05, 0) is 19.1 Å². The molecule has 0 spiro atoms. The second kappa shape index (κ2) is 3.38. The van der Waals surface area contributed by atoms with Crippen LogP contribution < -0.4 is 10.5 Å². The van der Waals surface area contributed by atoms with Gasteiger partial charge in [-0.2, -0.15) is 0 Å². The number of nitrogen functional groups attached to an aromatic ring is 1. The summed E-state index contributed by atoms with van der Waals surface area (Å²) in [5.74, 6) is 0.916. The average molecular weight is 209 g/mol. The summed E-state index contributed by atoms with van der Waals surface area (Å²) >= 11 is 1.56. The summed E-state index contributed by atoms with van der Waals surface area (Å²) in [6.07, 6.45) is 0. The van der Waals surface area contributed by atoms with Gasteiger partial charge in [0.05, 0.1) is 12.3 Å². The van der Waals surface area contributed by atoms with E-state index in [-0.39, 0.29) is 5.75 Å². The first-order valence-corrected chi connectivity index (χ1v) is 5.23. The molecule has 0 aliphatic rings. The molecule has 0 radical (unpaired) electrons. The molecule has 1 aromatic heterocycles. The van der Waals surface area contributed by atoms with Gasteiger partial charge in [-0.1, -0.05) is 0 Å². The van der Waals surface area contributed by atoms with Crippen LogP contribution in [0.2, 0.25) is 0 Å². The van der Waals surface area contributed by atoms with Crippen molar-refractivity contribution in [2.24, 2.45) is 0 Å². The largest absolute Gasteiger partial charge is 0.506 e. The SMILES string of the molecule is CCOc1csc2cc(N)c(O)cc12. The number of hydrogen-bond acceptors (Lipinski definition) is 4. The van der Waals surface area contributed by atoms with Crippen molar-refractivity contribution in [3.63, 3.8) is 0 Å². The first-order chi connectivity index (χ1) is 6.72. The molecule has 0 saturated heterocycles. The molecule has 2 rings (SSSR count). The highest BCUT2D eigenvalue weighted by Gasteiger charge is 2.07. The Kier molecular flexibility index (Phi) is 2.21. The van der Waals surface area contributed by atoms with Crippen LogP contribution in [-0.4, -0.2) is 11.7 Å². The standard InChI is InChI=1S/C10H11NO2S/c1-2-13-9-5-14-10-4-7(11)8(12)3-6(9)10/h3-5,12H,2,11H2,1H3. The van der Waals surface area contributed by atoms with E-state index in [4.69, 9.17) is 10.5 Å². The molecule has 74 valence electrons.